The highest BCUT2D eigenvalue weighted by atomic mass is 32.1. The van der Waals surface area contributed by atoms with Gasteiger partial charge in [0.15, 0.2) is 22.3 Å². The van der Waals surface area contributed by atoms with E-state index in [0.29, 0.717) is 16.5 Å². The van der Waals surface area contributed by atoms with Gasteiger partial charge in [0.1, 0.15) is 12.2 Å². The van der Waals surface area contributed by atoms with Crippen molar-refractivity contribution in [2.24, 2.45) is 0 Å². The Bertz CT molecular complexity index is 691. The number of hydrogen-bond donors (Lipinski definition) is 2. The zero-order valence-corrected chi connectivity index (χ0v) is 31.1. The molecule has 1 rings (SSSR count). The Hall–Kier alpha value is -0.340. The molecule has 7 heteroatoms. The fourth-order valence-electron chi connectivity index (χ4n) is 6.28. The second-order valence-electron chi connectivity index (χ2n) is 13.5. The molecule has 0 aromatic heterocycles. The summed E-state index contributed by atoms with van der Waals surface area (Å²) < 4.78 is 17.6. The summed E-state index contributed by atoms with van der Waals surface area (Å²) in [5.41, 5.74) is 0. The maximum Gasteiger partial charge on any atom is 0.160 e. The van der Waals surface area contributed by atoms with E-state index < -0.39 is 24.4 Å². The highest BCUT2D eigenvalue weighted by Gasteiger charge is 2.43. The maximum absolute atomic E-state index is 10.9. The second kappa shape index (κ2) is 31.0. The Kier molecular flexibility index (Phi) is 29.4. The van der Waals surface area contributed by atoms with Crippen LogP contribution in [0.2, 0.25) is 0 Å². The van der Waals surface area contributed by atoms with Gasteiger partial charge in [0, 0.05) is 12.8 Å². The number of aliphatic hydroxyl groups is 2. The fourth-order valence-corrected chi connectivity index (χ4v) is 6.82. The van der Waals surface area contributed by atoms with Crippen LogP contribution in [0.25, 0.3) is 0 Å². The molecule has 2 N–H and O–H groups in total. The van der Waals surface area contributed by atoms with Crippen molar-refractivity contribution in [1.29, 1.82) is 0 Å². The molecule has 1 aliphatic rings. The molecular formula is C38H72O5S2. The van der Waals surface area contributed by atoms with E-state index in [9.17, 15) is 10.2 Å². The first-order valence-electron chi connectivity index (χ1n) is 19.3. The van der Waals surface area contributed by atoms with Crippen LogP contribution in [0.15, 0.2) is 0 Å². The van der Waals surface area contributed by atoms with Crippen LogP contribution in [0.3, 0.4) is 0 Å². The van der Waals surface area contributed by atoms with Gasteiger partial charge in [-0.2, -0.15) is 0 Å². The summed E-state index contributed by atoms with van der Waals surface area (Å²) in [6.45, 7) is 4.51. The number of aliphatic hydroxyl groups excluding tert-OH is 2. The van der Waals surface area contributed by atoms with Gasteiger partial charge in [0.05, 0.1) is 13.2 Å². The molecule has 0 saturated carbocycles. The third kappa shape index (κ3) is 23.6. The van der Waals surface area contributed by atoms with E-state index in [1.165, 1.54) is 141 Å². The minimum absolute atomic E-state index is 0.232. The van der Waals surface area contributed by atoms with Crippen molar-refractivity contribution in [3.63, 3.8) is 0 Å². The summed E-state index contributed by atoms with van der Waals surface area (Å²) in [4.78, 5) is 0. The van der Waals surface area contributed by atoms with Crippen LogP contribution >= 0.6 is 24.4 Å². The molecule has 5 nitrogen and oxygen atoms in total. The molecule has 0 radical (unpaired) electrons. The van der Waals surface area contributed by atoms with Crippen molar-refractivity contribution in [1.82, 2.24) is 0 Å². The minimum Gasteiger partial charge on any atom is -0.479 e. The lowest BCUT2D eigenvalue weighted by Gasteiger charge is -2.26. The van der Waals surface area contributed by atoms with Crippen molar-refractivity contribution in [2.45, 2.75) is 218 Å². The molecule has 0 unspecified atom stereocenters. The number of hydrogen-bond acceptors (Lipinski definition) is 7. The summed E-state index contributed by atoms with van der Waals surface area (Å²) in [5, 5.41) is 21.8. The summed E-state index contributed by atoms with van der Waals surface area (Å²) in [6, 6.07) is 0. The number of unbranched alkanes of at least 4 members (excludes halogenated alkanes) is 24. The molecule has 1 heterocycles. The van der Waals surface area contributed by atoms with Crippen LogP contribution in [-0.2, 0) is 14.2 Å². The van der Waals surface area contributed by atoms with Gasteiger partial charge < -0.3 is 24.4 Å². The van der Waals surface area contributed by atoms with Crippen LogP contribution in [0.4, 0.5) is 0 Å². The van der Waals surface area contributed by atoms with Gasteiger partial charge in [0.25, 0.3) is 0 Å². The van der Waals surface area contributed by atoms with E-state index in [4.69, 9.17) is 38.6 Å². The van der Waals surface area contributed by atoms with Gasteiger partial charge in [-0.3, -0.25) is 0 Å². The quantitative estimate of drug-likeness (QED) is 0.0544. The average molecular weight is 673 g/mol. The standard InChI is InChI=1S/C38H72O5S2/c1-3-5-7-9-11-13-15-17-19-21-23-25-27-29-35(44)42-33(31-39)38-37(40)34(32-41-38)43-36(45)30-28-26-24-22-20-18-16-14-12-10-8-6-4-2/h33-34,37-40H,3-32H2,1-2H3/t33-,34+,37-,38-/m0/s1. The van der Waals surface area contributed by atoms with Gasteiger partial charge in [-0.15, -0.1) is 0 Å². The molecule has 0 spiro atoms. The molecule has 0 bridgehead atoms. The fraction of sp³-hybridized carbons (Fsp3) is 0.947. The Labute approximate surface area is 289 Å². The molecule has 1 aliphatic heterocycles. The molecule has 45 heavy (non-hydrogen) atoms. The first-order valence-corrected chi connectivity index (χ1v) is 20.1. The predicted octanol–water partition coefficient (Wildman–Crippen LogP) is 11.1. The number of thiocarbonyl (C=S) groups is 2. The van der Waals surface area contributed by atoms with E-state index in [1.54, 1.807) is 0 Å². The van der Waals surface area contributed by atoms with Gasteiger partial charge in [0.2, 0.25) is 0 Å². The Morgan fingerprint density at radius 1 is 0.600 bits per heavy atom. The zero-order chi connectivity index (χ0) is 32.8. The summed E-state index contributed by atoms with van der Waals surface area (Å²) in [5.74, 6) is 0. The Balaban J connectivity index is 2.06. The third-order valence-electron chi connectivity index (χ3n) is 9.25. The molecular weight excluding hydrogens is 601 g/mol. The predicted molar refractivity (Wildman–Crippen MR) is 198 cm³/mol. The topological polar surface area (TPSA) is 68.2 Å². The van der Waals surface area contributed by atoms with Crippen molar-refractivity contribution < 1.29 is 24.4 Å². The maximum atomic E-state index is 10.9. The Morgan fingerprint density at radius 2 is 0.956 bits per heavy atom. The molecule has 1 fully saturated rings. The number of rotatable bonds is 32. The van der Waals surface area contributed by atoms with Gasteiger partial charge in [-0.25, -0.2) is 0 Å². The lowest BCUT2D eigenvalue weighted by atomic mass is 10.0. The molecule has 0 aromatic rings. The van der Waals surface area contributed by atoms with Crippen molar-refractivity contribution in [3.8, 4) is 0 Å². The SMILES string of the molecule is CCCCCCCCCCCCCCCC(=S)O[C@@H](CO)[C@@H]1OC[C@@H](OC(=S)CCCCCCCCCCCCCCC)[C@@H]1O. The van der Waals surface area contributed by atoms with E-state index in [0.717, 1.165) is 32.1 Å². The van der Waals surface area contributed by atoms with Crippen molar-refractivity contribution >= 4 is 34.5 Å². The highest BCUT2D eigenvalue weighted by Crippen LogP contribution is 2.24. The van der Waals surface area contributed by atoms with Crippen LogP contribution in [0.5, 0.6) is 0 Å². The first kappa shape index (κ1) is 42.7. The normalized spacial score (nSPS) is 18.7. The first-order chi connectivity index (χ1) is 22.0. The van der Waals surface area contributed by atoms with Gasteiger partial charge in [-0.05, 0) is 37.3 Å². The smallest absolute Gasteiger partial charge is 0.160 e. The highest BCUT2D eigenvalue weighted by molar-refractivity contribution is 7.80. The van der Waals surface area contributed by atoms with Crippen LogP contribution < -0.4 is 0 Å². The van der Waals surface area contributed by atoms with Crippen molar-refractivity contribution in [3.05, 3.63) is 0 Å². The van der Waals surface area contributed by atoms with E-state index in [-0.39, 0.29) is 13.2 Å². The molecule has 0 aromatic carbocycles. The van der Waals surface area contributed by atoms with Gasteiger partial charge in [-0.1, -0.05) is 168 Å². The molecule has 4 atom stereocenters. The molecule has 266 valence electrons. The molecule has 0 amide bonds. The zero-order valence-electron chi connectivity index (χ0n) is 29.5. The van der Waals surface area contributed by atoms with Crippen LogP contribution in [-0.4, -0.2) is 57.9 Å². The largest absolute Gasteiger partial charge is 0.479 e. The summed E-state index contributed by atoms with van der Waals surface area (Å²) in [7, 11) is 0. The van der Waals surface area contributed by atoms with Gasteiger partial charge >= 0.3 is 0 Å². The van der Waals surface area contributed by atoms with E-state index >= 15 is 0 Å². The summed E-state index contributed by atoms with van der Waals surface area (Å²) >= 11 is 10.9. The lowest BCUT2D eigenvalue weighted by Crippen LogP contribution is -2.43. The van der Waals surface area contributed by atoms with Crippen LogP contribution in [0.1, 0.15) is 194 Å². The average Bonchev–Trinajstić information content (AvgIpc) is 3.39. The monoisotopic (exact) mass is 672 g/mol. The molecule has 1 saturated heterocycles. The van der Waals surface area contributed by atoms with E-state index in [1.807, 2.05) is 0 Å². The van der Waals surface area contributed by atoms with E-state index in [2.05, 4.69) is 13.8 Å². The minimum atomic E-state index is -0.911. The van der Waals surface area contributed by atoms with Crippen LogP contribution in [0, 0.1) is 0 Å². The number of ether oxygens (including phenoxy) is 3. The summed E-state index contributed by atoms with van der Waals surface area (Å²) in [6.07, 6.45) is 32.7. The third-order valence-corrected chi connectivity index (χ3v) is 9.85. The lowest BCUT2D eigenvalue weighted by molar-refractivity contribution is -0.0615. The second-order valence-corrected chi connectivity index (χ2v) is 14.4. The molecule has 0 aliphatic carbocycles. The van der Waals surface area contributed by atoms with Crippen molar-refractivity contribution in [2.75, 3.05) is 13.2 Å². The Morgan fingerprint density at radius 3 is 1.33 bits per heavy atom.